The molecule has 0 radical (unpaired) electrons. The third-order valence-corrected chi connectivity index (χ3v) is 5.38. The molecule has 1 heterocycles. The molecule has 0 aromatic heterocycles. The Morgan fingerprint density at radius 2 is 1.85 bits per heavy atom. The minimum atomic E-state index is -1.44. The first kappa shape index (κ1) is 19.5. The standard InChI is InChI=1S/C23H29NO2Si/c1-16-15-24(22(25)26-23(2,3)4)20-12-11-18-17(13-14-27(5,6)7)9-8-10-19(18)21(16)20/h8-12,16H,15H2,1-7H3. The van der Waals surface area contributed by atoms with Gasteiger partial charge >= 0.3 is 6.09 Å². The van der Waals surface area contributed by atoms with Gasteiger partial charge in [-0.15, -0.1) is 5.54 Å². The van der Waals surface area contributed by atoms with Crippen molar-refractivity contribution in [3.8, 4) is 11.5 Å². The van der Waals surface area contributed by atoms with Crippen LogP contribution in [0.2, 0.25) is 19.6 Å². The highest BCUT2D eigenvalue weighted by molar-refractivity contribution is 6.83. The first-order valence-electron chi connectivity index (χ1n) is 9.55. The summed E-state index contributed by atoms with van der Waals surface area (Å²) in [5.74, 6) is 3.67. The van der Waals surface area contributed by atoms with Gasteiger partial charge in [0.05, 0.1) is 5.69 Å². The Morgan fingerprint density at radius 3 is 2.48 bits per heavy atom. The second kappa shape index (κ2) is 6.72. The molecule has 1 aliphatic heterocycles. The number of anilines is 1. The van der Waals surface area contributed by atoms with E-state index in [9.17, 15) is 4.79 Å². The molecular formula is C23H29NO2Si. The number of nitrogens with zero attached hydrogens (tertiary/aromatic N) is 1. The van der Waals surface area contributed by atoms with Crippen LogP contribution in [0.4, 0.5) is 10.5 Å². The quantitative estimate of drug-likeness (QED) is 0.419. The molecule has 0 saturated heterocycles. The Bertz CT molecular complexity index is 954. The fourth-order valence-electron chi connectivity index (χ4n) is 3.44. The van der Waals surface area contributed by atoms with E-state index in [4.69, 9.17) is 4.74 Å². The van der Waals surface area contributed by atoms with Gasteiger partial charge in [0.25, 0.3) is 0 Å². The van der Waals surface area contributed by atoms with Crippen molar-refractivity contribution >= 4 is 30.6 Å². The summed E-state index contributed by atoms with van der Waals surface area (Å²) in [7, 11) is -1.44. The number of fused-ring (bicyclic) bond motifs is 3. The second-order valence-electron chi connectivity index (χ2n) is 9.39. The predicted octanol–water partition coefficient (Wildman–Crippen LogP) is 5.93. The van der Waals surface area contributed by atoms with Gasteiger partial charge in [0.1, 0.15) is 13.7 Å². The Kier molecular flexibility index (Phi) is 4.86. The highest BCUT2D eigenvalue weighted by Gasteiger charge is 2.34. The number of benzene rings is 2. The molecule has 142 valence electrons. The first-order chi connectivity index (χ1) is 12.5. The van der Waals surface area contributed by atoms with Gasteiger partial charge in [-0.05, 0) is 49.2 Å². The van der Waals surface area contributed by atoms with Crippen molar-refractivity contribution < 1.29 is 9.53 Å². The van der Waals surface area contributed by atoms with E-state index in [0.29, 0.717) is 6.54 Å². The number of carbonyl (C=O) groups excluding carboxylic acids is 1. The van der Waals surface area contributed by atoms with Crippen LogP contribution in [0.25, 0.3) is 10.8 Å². The minimum absolute atomic E-state index is 0.261. The fraction of sp³-hybridized carbons (Fsp3) is 0.435. The van der Waals surface area contributed by atoms with Crippen LogP contribution in [0.1, 0.15) is 44.7 Å². The molecule has 0 bridgehead atoms. The van der Waals surface area contributed by atoms with E-state index in [1.807, 2.05) is 26.8 Å². The summed E-state index contributed by atoms with van der Waals surface area (Å²) >= 11 is 0. The van der Waals surface area contributed by atoms with Crippen molar-refractivity contribution in [2.24, 2.45) is 0 Å². The molecule has 0 fully saturated rings. The third kappa shape index (κ3) is 4.19. The van der Waals surface area contributed by atoms with E-state index in [2.05, 4.69) is 62.3 Å². The maximum absolute atomic E-state index is 12.7. The highest BCUT2D eigenvalue weighted by atomic mass is 28.3. The molecule has 1 atom stereocenters. The van der Waals surface area contributed by atoms with E-state index in [1.165, 1.54) is 16.3 Å². The Hall–Kier alpha value is -2.25. The molecule has 2 aromatic carbocycles. The van der Waals surface area contributed by atoms with Gasteiger partial charge in [0.2, 0.25) is 0 Å². The average Bonchev–Trinajstić information content (AvgIpc) is 2.88. The van der Waals surface area contributed by atoms with Gasteiger partial charge in [-0.1, -0.05) is 50.7 Å². The molecular weight excluding hydrogens is 350 g/mol. The van der Waals surface area contributed by atoms with E-state index >= 15 is 0 Å². The van der Waals surface area contributed by atoms with Gasteiger partial charge in [-0.25, -0.2) is 4.79 Å². The van der Waals surface area contributed by atoms with Crippen LogP contribution in [0, 0.1) is 11.5 Å². The smallest absolute Gasteiger partial charge is 0.414 e. The van der Waals surface area contributed by atoms with Crippen molar-refractivity contribution in [3.63, 3.8) is 0 Å². The van der Waals surface area contributed by atoms with Crippen molar-refractivity contribution in [1.29, 1.82) is 0 Å². The summed E-state index contributed by atoms with van der Waals surface area (Å²) in [6, 6.07) is 10.4. The van der Waals surface area contributed by atoms with Crippen molar-refractivity contribution in [3.05, 3.63) is 41.5 Å². The van der Waals surface area contributed by atoms with Gasteiger partial charge in [0, 0.05) is 18.0 Å². The average molecular weight is 380 g/mol. The largest absolute Gasteiger partial charge is 0.443 e. The molecule has 2 aromatic rings. The zero-order valence-corrected chi connectivity index (χ0v) is 18.4. The topological polar surface area (TPSA) is 29.5 Å². The number of hydrogen-bond donors (Lipinski definition) is 0. The highest BCUT2D eigenvalue weighted by Crippen LogP contribution is 2.42. The zero-order valence-electron chi connectivity index (χ0n) is 17.4. The molecule has 3 rings (SSSR count). The van der Waals surface area contributed by atoms with Gasteiger partial charge in [0.15, 0.2) is 0 Å². The Labute approximate surface area is 163 Å². The van der Waals surface area contributed by atoms with Crippen molar-refractivity contribution in [2.45, 2.75) is 58.9 Å². The maximum Gasteiger partial charge on any atom is 0.414 e. The second-order valence-corrected chi connectivity index (χ2v) is 14.1. The lowest BCUT2D eigenvalue weighted by Crippen LogP contribution is -2.36. The number of ether oxygens (including phenoxy) is 1. The molecule has 1 unspecified atom stereocenters. The lowest BCUT2D eigenvalue weighted by Gasteiger charge is -2.25. The molecule has 1 amide bonds. The van der Waals surface area contributed by atoms with Gasteiger partial charge < -0.3 is 4.74 Å². The van der Waals surface area contributed by atoms with Crippen LogP contribution in [0.15, 0.2) is 30.3 Å². The number of carbonyl (C=O) groups is 1. The summed E-state index contributed by atoms with van der Waals surface area (Å²) in [5, 5.41) is 2.35. The molecule has 4 heteroatoms. The van der Waals surface area contributed by atoms with Crippen LogP contribution in [0.3, 0.4) is 0 Å². The molecule has 27 heavy (non-hydrogen) atoms. The first-order valence-corrected chi connectivity index (χ1v) is 13.1. The molecule has 0 spiro atoms. The zero-order chi connectivity index (χ0) is 20.0. The number of hydrogen-bond acceptors (Lipinski definition) is 2. The fourth-order valence-corrected chi connectivity index (χ4v) is 3.95. The normalized spacial score (nSPS) is 16.7. The maximum atomic E-state index is 12.7. The summed E-state index contributed by atoms with van der Waals surface area (Å²) in [6.07, 6.45) is -0.276. The van der Waals surface area contributed by atoms with E-state index in [0.717, 1.165) is 11.3 Å². The molecule has 0 saturated carbocycles. The monoisotopic (exact) mass is 379 g/mol. The molecule has 3 nitrogen and oxygen atoms in total. The molecule has 0 aliphatic carbocycles. The minimum Gasteiger partial charge on any atom is -0.443 e. The van der Waals surface area contributed by atoms with Crippen LogP contribution >= 0.6 is 0 Å². The lowest BCUT2D eigenvalue weighted by atomic mass is 9.94. The van der Waals surface area contributed by atoms with Gasteiger partial charge in [-0.2, -0.15) is 0 Å². The van der Waals surface area contributed by atoms with E-state index in [-0.39, 0.29) is 12.0 Å². The van der Waals surface area contributed by atoms with Crippen LogP contribution in [-0.4, -0.2) is 26.3 Å². The lowest BCUT2D eigenvalue weighted by molar-refractivity contribution is 0.0582. The summed E-state index contributed by atoms with van der Waals surface area (Å²) < 4.78 is 5.61. The van der Waals surface area contributed by atoms with Crippen molar-refractivity contribution in [1.82, 2.24) is 0 Å². The van der Waals surface area contributed by atoms with Crippen LogP contribution in [0.5, 0.6) is 0 Å². The SMILES string of the molecule is CC1CN(C(=O)OC(C)(C)C)c2ccc3c(C#C[Si](C)(C)C)cccc3c21. The Morgan fingerprint density at radius 1 is 1.15 bits per heavy atom. The van der Waals surface area contributed by atoms with E-state index in [1.54, 1.807) is 4.90 Å². The Balaban J connectivity index is 2.09. The van der Waals surface area contributed by atoms with Crippen molar-refractivity contribution in [2.75, 3.05) is 11.4 Å². The summed E-state index contributed by atoms with van der Waals surface area (Å²) in [5.41, 5.74) is 6.21. The van der Waals surface area contributed by atoms with Gasteiger partial charge in [-0.3, -0.25) is 4.90 Å². The molecule has 0 N–H and O–H groups in total. The van der Waals surface area contributed by atoms with E-state index < -0.39 is 13.7 Å². The number of rotatable bonds is 0. The van der Waals surface area contributed by atoms with Crippen LogP contribution < -0.4 is 4.90 Å². The summed E-state index contributed by atoms with van der Waals surface area (Å²) in [4.78, 5) is 14.4. The summed E-state index contributed by atoms with van der Waals surface area (Å²) in [6.45, 7) is 15.3. The molecule has 1 aliphatic rings. The van der Waals surface area contributed by atoms with Crippen LogP contribution in [-0.2, 0) is 4.74 Å². The third-order valence-electron chi connectivity index (χ3n) is 4.51. The number of amides is 1. The predicted molar refractivity (Wildman–Crippen MR) is 116 cm³/mol.